The van der Waals surface area contributed by atoms with Crippen molar-refractivity contribution in [3.63, 3.8) is 0 Å². The van der Waals surface area contributed by atoms with Crippen LogP contribution in [0, 0.1) is 0 Å². The smallest absolute Gasteiger partial charge is 0.251 e. The minimum absolute atomic E-state index is 0.189. The van der Waals surface area contributed by atoms with Gasteiger partial charge in [0.2, 0.25) is 0 Å². The number of anilines is 1. The van der Waals surface area contributed by atoms with E-state index in [-0.39, 0.29) is 11.1 Å². The van der Waals surface area contributed by atoms with E-state index in [0.29, 0.717) is 23.8 Å². The Morgan fingerprint density at radius 1 is 1.50 bits per heavy atom. The van der Waals surface area contributed by atoms with Gasteiger partial charge in [0.1, 0.15) is 16.8 Å². The van der Waals surface area contributed by atoms with E-state index in [1.807, 2.05) is 0 Å². The fraction of sp³-hybridized carbons (Fsp3) is 0.100. The largest absolute Gasteiger partial charge is 0.347 e. The molecular formula is C10H11ClN6O. The Kier molecular flexibility index (Phi) is 3.75. The van der Waals surface area contributed by atoms with Gasteiger partial charge in [0.15, 0.2) is 0 Å². The number of carbonyl (C=O) groups excluding carboxylic acids is 1. The minimum Gasteiger partial charge on any atom is -0.347 e. The highest BCUT2D eigenvalue weighted by atomic mass is 35.5. The average molecular weight is 267 g/mol. The van der Waals surface area contributed by atoms with Crippen molar-refractivity contribution in [2.45, 2.75) is 6.54 Å². The molecular weight excluding hydrogens is 256 g/mol. The summed E-state index contributed by atoms with van der Waals surface area (Å²) in [6.45, 7) is 0.303. The second kappa shape index (κ2) is 5.48. The lowest BCUT2D eigenvalue weighted by molar-refractivity contribution is 0.0950. The summed E-state index contributed by atoms with van der Waals surface area (Å²) in [4.78, 5) is 22.6. The quantitative estimate of drug-likeness (QED) is 0.370. The van der Waals surface area contributed by atoms with Gasteiger partial charge in [-0.05, 0) is 12.1 Å². The van der Waals surface area contributed by atoms with Gasteiger partial charge < -0.3 is 15.7 Å². The van der Waals surface area contributed by atoms with Crippen LogP contribution in [0.4, 0.5) is 5.82 Å². The van der Waals surface area contributed by atoms with Crippen LogP contribution in [-0.2, 0) is 6.54 Å². The summed E-state index contributed by atoms with van der Waals surface area (Å²) in [5.41, 5.74) is 2.71. The summed E-state index contributed by atoms with van der Waals surface area (Å²) in [5, 5.41) is 2.88. The molecule has 0 atom stereocenters. The third-order valence-corrected chi connectivity index (χ3v) is 2.37. The number of H-pyrrole nitrogens is 1. The molecule has 0 aliphatic rings. The number of aromatic amines is 1. The highest BCUT2D eigenvalue weighted by Gasteiger charge is 2.09. The van der Waals surface area contributed by atoms with Gasteiger partial charge in [-0.15, -0.1) is 0 Å². The van der Waals surface area contributed by atoms with Gasteiger partial charge in [-0.1, -0.05) is 11.6 Å². The Hall–Kier alpha value is -2.12. The van der Waals surface area contributed by atoms with Gasteiger partial charge in [-0.25, -0.2) is 15.8 Å². The number of nitrogens with zero attached hydrogens (tertiary/aromatic N) is 2. The number of hydrogen-bond donors (Lipinski definition) is 4. The molecule has 0 radical (unpaired) electrons. The van der Waals surface area contributed by atoms with Crippen molar-refractivity contribution in [1.29, 1.82) is 0 Å². The van der Waals surface area contributed by atoms with Crippen LogP contribution >= 0.6 is 11.6 Å². The molecule has 2 heterocycles. The second-order valence-corrected chi connectivity index (χ2v) is 3.81. The van der Waals surface area contributed by atoms with Crippen molar-refractivity contribution in [2.24, 2.45) is 5.84 Å². The standard InChI is InChI=1S/C10H11ClN6O/c11-7-3-6(4-8(16-7)17-12)10(18)15-5-9-13-1-2-14-9/h1-4H,5,12H2,(H,13,14)(H,15,18)(H,16,17). The molecule has 0 saturated carbocycles. The van der Waals surface area contributed by atoms with Gasteiger partial charge in [0.25, 0.3) is 5.91 Å². The van der Waals surface area contributed by atoms with E-state index in [2.05, 4.69) is 25.7 Å². The van der Waals surface area contributed by atoms with Crippen LogP contribution in [0.25, 0.3) is 0 Å². The molecule has 2 aromatic rings. The second-order valence-electron chi connectivity index (χ2n) is 3.43. The van der Waals surface area contributed by atoms with E-state index in [1.54, 1.807) is 12.4 Å². The molecule has 5 N–H and O–H groups in total. The van der Waals surface area contributed by atoms with E-state index >= 15 is 0 Å². The molecule has 8 heteroatoms. The van der Waals surface area contributed by atoms with E-state index in [9.17, 15) is 4.79 Å². The SMILES string of the molecule is NNc1cc(C(=O)NCc2ncc[nH]2)cc(Cl)n1. The van der Waals surface area contributed by atoms with Gasteiger partial charge in [-0.2, -0.15) is 0 Å². The Bertz CT molecular complexity index is 541. The lowest BCUT2D eigenvalue weighted by Gasteiger charge is -2.06. The average Bonchev–Trinajstić information content (AvgIpc) is 2.88. The zero-order chi connectivity index (χ0) is 13.0. The molecule has 0 spiro atoms. The molecule has 1 amide bonds. The van der Waals surface area contributed by atoms with Crippen molar-refractivity contribution >= 4 is 23.3 Å². The highest BCUT2D eigenvalue weighted by Crippen LogP contribution is 2.13. The Morgan fingerprint density at radius 3 is 3.00 bits per heavy atom. The van der Waals surface area contributed by atoms with Crippen LogP contribution in [-0.4, -0.2) is 20.9 Å². The monoisotopic (exact) mass is 266 g/mol. The summed E-state index contributed by atoms with van der Waals surface area (Å²) in [5.74, 6) is 5.93. The Labute approximate surface area is 108 Å². The van der Waals surface area contributed by atoms with Crippen molar-refractivity contribution in [3.8, 4) is 0 Å². The zero-order valence-corrected chi connectivity index (χ0v) is 10.0. The van der Waals surface area contributed by atoms with E-state index in [0.717, 1.165) is 0 Å². The van der Waals surface area contributed by atoms with E-state index < -0.39 is 0 Å². The predicted octanol–water partition coefficient (Wildman–Crippen LogP) is 0.674. The number of carbonyl (C=O) groups is 1. The molecule has 94 valence electrons. The normalized spacial score (nSPS) is 10.1. The molecule has 0 unspecified atom stereocenters. The first-order valence-corrected chi connectivity index (χ1v) is 5.47. The van der Waals surface area contributed by atoms with Crippen LogP contribution in [0.5, 0.6) is 0 Å². The molecule has 2 aromatic heterocycles. The van der Waals surface area contributed by atoms with Gasteiger partial charge >= 0.3 is 0 Å². The summed E-state index contributed by atoms with van der Waals surface area (Å²) in [7, 11) is 0. The number of nitrogens with two attached hydrogens (primary N) is 1. The van der Waals surface area contributed by atoms with Gasteiger partial charge in [0.05, 0.1) is 6.54 Å². The van der Waals surface area contributed by atoms with Crippen molar-refractivity contribution in [2.75, 3.05) is 5.43 Å². The maximum atomic E-state index is 11.9. The summed E-state index contributed by atoms with van der Waals surface area (Å²) < 4.78 is 0. The maximum absolute atomic E-state index is 11.9. The number of nitrogens with one attached hydrogen (secondary N) is 3. The number of pyridine rings is 1. The number of nitrogen functional groups attached to an aromatic ring is 1. The predicted molar refractivity (Wildman–Crippen MR) is 66.8 cm³/mol. The molecule has 0 aromatic carbocycles. The molecule has 0 bridgehead atoms. The third kappa shape index (κ3) is 2.96. The zero-order valence-electron chi connectivity index (χ0n) is 9.27. The highest BCUT2D eigenvalue weighted by molar-refractivity contribution is 6.29. The number of imidazole rings is 1. The molecule has 7 nitrogen and oxygen atoms in total. The first kappa shape index (κ1) is 12.3. The topological polar surface area (TPSA) is 109 Å². The van der Waals surface area contributed by atoms with Gasteiger partial charge in [0, 0.05) is 18.0 Å². The summed E-state index contributed by atoms with van der Waals surface area (Å²) in [6.07, 6.45) is 3.29. The number of halogens is 1. The number of rotatable bonds is 4. The summed E-state index contributed by atoms with van der Waals surface area (Å²) >= 11 is 5.77. The maximum Gasteiger partial charge on any atom is 0.251 e. The molecule has 0 saturated heterocycles. The van der Waals surface area contributed by atoms with Crippen molar-refractivity contribution in [1.82, 2.24) is 20.3 Å². The number of hydrogen-bond acceptors (Lipinski definition) is 5. The van der Waals surface area contributed by atoms with E-state index in [1.165, 1.54) is 12.1 Å². The van der Waals surface area contributed by atoms with Crippen LogP contribution in [0.3, 0.4) is 0 Å². The van der Waals surface area contributed by atoms with Crippen LogP contribution in [0.15, 0.2) is 24.5 Å². The number of hydrazine groups is 1. The van der Waals surface area contributed by atoms with Crippen molar-refractivity contribution in [3.05, 3.63) is 41.1 Å². The first-order valence-electron chi connectivity index (χ1n) is 5.09. The molecule has 18 heavy (non-hydrogen) atoms. The van der Waals surface area contributed by atoms with Crippen molar-refractivity contribution < 1.29 is 4.79 Å². The Morgan fingerprint density at radius 2 is 2.33 bits per heavy atom. The third-order valence-electron chi connectivity index (χ3n) is 2.18. The van der Waals surface area contributed by atoms with Crippen LogP contribution in [0.2, 0.25) is 5.15 Å². The molecule has 0 aliphatic carbocycles. The number of aromatic nitrogens is 3. The number of amides is 1. The molecule has 0 aliphatic heterocycles. The Balaban J connectivity index is 2.06. The first-order chi connectivity index (χ1) is 8.69. The van der Waals surface area contributed by atoms with Crippen LogP contribution < -0.4 is 16.6 Å². The lowest BCUT2D eigenvalue weighted by atomic mass is 10.2. The van der Waals surface area contributed by atoms with E-state index in [4.69, 9.17) is 17.4 Å². The molecule has 2 rings (SSSR count). The fourth-order valence-electron chi connectivity index (χ4n) is 1.36. The molecule has 0 fully saturated rings. The minimum atomic E-state index is -0.285. The summed E-state index contributed by atoms with van der Waals surface area (Å²) in [6, 6.07) is 2.96. The lowest BCUT2D eigenvalue weighted by Crippen LogP contribution is -2.24. The van der Waals surface area contributed by atoms with Gasteiger partial charge in [-0.3, -0.25) is 4.79 Å². The van der Waals surface area contributed by atoms with Crippen LogP contribution in [0.1, 0.15) is 16.2 Å². The fourth-order valence-corrected chi connectivity index (χ4v) is 1.57.